The minimum Gasteiger partial charge on any atom is -0.331 e. The van der Waals surface area contributed by atoms with Crippen LogP contribution >= 0.6 is 0 Å². The van der Waals surface area contributed by atoms with Crippen molar-refractivity contribution in [3.63, 3.8) is 0 Å². The van der Waals surface area contributed by atoms with Crippen LogP contribution in [0.3, 0.4) is 0 Å². The van der Waals surface area contributed by atoms with Crippen molar-refractivity contribution in [3.05, 3.63) is 47.5 Å². The summed E-state index contributed by atoms with van der Waals surface area (Å²) in [6.45, 7) is 8.50. The number of hydrogen-bond donors (Lipinski definition) is 1. The molecule has 0 spiro atoms. The Hall–Kier alpha value is -2.37. The maximum absolute atomic E-state index is 13.0. The molecule has 0 unspecified atom stereocenters. The van der Waals surface area contributed by atoms with E-state index in [1.807, 2.05) is 23.1 Å². The van der Waals surface area contributed by atoms with E-state index in [1.165, 1.54) is 5.56 Å². The number of nitrogens with one attached hydrogen (secondary N) is 1. The molecule has 0 saturated carbocycles. The van der Waals surface area contributed by atoms with Crippen LogP contribution in [0.1, 0.15) is 56.9 Å². The lowest BCUT2D eigenvalue weighted by molar-refractivity contribution is 0.162. The second-order valence-corrected chi connectivity index (χ2v) is 7.33. The topological polar surface area (TPSA) is 63.1 Å². The predicted octanol–water partition coefficient (Wildman–Crippen LogP) is 3.54. The van der Waals surface area contributed by atoms with E-state index in [1.54, 1.807) is 0 Å². The number of rotatable bonds is 7. The molecule has 0 fully saturated rings. The van der Waals surface area contributed by atoms with Gasteiger partial charge in [0, 0.05) is 19.5 Å². The van der Waals surface area contributed by atoms with Gasteiger partial charge in [-0.15, -0.1) is 10.2 Å². The number of hydrogen-bond acceptors (Lipinski definition) is 3. The van der Waals surface area contributed by atoms with Gasteiger partial charge in [-0.1, -0.05) is 51.1 Å². The highest BCUT2D eigenvalue weighted by atomic mass is 16.2. The second kappa shape index (κ2) is 8.34. The third kappa shape index (κ3) is 4.06. The van der Waals surface area contributed by atoms with Gasteiger partial charge in [0.15, 0.2) is 5.82 Å². The summed E-state index contributed by atoms with van der Waals surface area (Å²) in [5.74, 6) is 2.28. The number of urea groups is 1. The Balaban J connectivity index is 1.72. The van der Waals surface area contributed by atoms with Crippen molar-refractivity contribution in [3.8, 4) is 0 Å². The summed E-state index contributed by atoms with van der Waals surface area (Å²) in [6, 6.07) is 10.3. The monoisotopic (exact) mass is 355 g/mol. The van der Waals surface area contributed by atoms with Crippen LogP contribution in [0.2, 0.25) is 0 Å². The van der Waals surface area contributed by atoms with Gasteiger partial charge in [0.2, 0.25) is 0 Å². The molecule has 1 aromatic heterocycles. The highest BCUT2D eigenvalue weighted by Gasteiger charge is 2.25. The molecule has 1 aliphatic rings. The van der Waals surface area contributed by atoms with Crippen LogP contribution in [-0.2, 0) is 19.5 Å². The van der Waals surface area contributed by atoms with E-state index < -0.39 is 0 Å². The van der Waals surface area contributed by atoms with Crippen molar-refractivity contribution in [2.45, 2.75) is 59.2 Å². The predicted molar refractivity (Wildman–Crippen MR) is 102 cm³/mol. The first-order valence-electron chi connectivity index (χ1n) is 9.60. The maximum atomic E-state index is 13.0. The van der Waals surface area contributed by atoms with E-state index in [0.29, 0.717) is 12.5 Å². The molecule has 2 aromatic rings. The lowest BCUT2D eigenvalue weighted by Crippen LogP contribution is -2.44. The van der Waals surface area contributed by atoms with Gasteiger partial charge < -0.3 is 14.8 Å². The van der Waals surface area contributed by atoms with E-state index in [0.717, 1.165) is 44.0 Å². The van der Waals surface area contributed by atoms with E-state index in [4.69, 9.17) is 0 Å². The summed E-state index contributed by atoms with van der Waals surface area (Å²) in [5, 5.41) is 11.5. The summed E-state index contributed by atoms with van der Waals surface area (Å²) in [7, 11) is 0. The number of benzene rings is 1. The summed E-state index contributed by atoms with van der Waals surface area (Å²) in [5.41, 5.74) is 1.18. The summed E-state index contributed by atoms with van der Waals surface area (Å²) >= 11 is 0. The summed E-state index contributed by atoms with van der Waals surface area (Å²) in [4.78, 5) is 15.0. The third-order valence-corrected chi connectivity index (χ3v) is 4.85. The number of aromatic nitrogens is 3. The average Bonchev–Trinajstić information content (AvgIpc) is 3.24. The van der Waals surface area contributed by atoms with Gasteiger partial charge >= 0.3 is 6.03 Å². The second-order valence-electron chi connectivity index (χ2n) is 7.33. The van der Waals surface area contributed by atoms with Gasteiger partial charge in [0.1, 0.15) is 5.82 Å². The van der Waals surface area contributed by atoms with E-state index in [9.17, 15) is 4.79 Å². The van der Waals surface area contributed by atoms with Gasteiger partial charge in [-0.2, -0.15) is 0 Å². The molecule has 1 aromatic carbocycles. The first kappa shape index (κ1) is 18.4. The van der Waals surface area contributed by atoms with Crippen molar-refractivity contribution in [2.75, 3.05) is 6.54 Å². The Morgan fingerprint density at radius 1 is 1.27 bits per heavy atom. The van der Waals surface area contributed by atoms with Gasteiger partial charge in [0.25, 0.3) is 0 Å². The van der Waals surface area contributed by atoms with Gasteiger partial charge in [-0.05, 0) is 24.3 Å². The minimum absolute atomic E-state index is 0.0373. The normalized spacial score (nSPS) is 14.3. The number of amides is 2. The van der Waals surface area contributed by atoms with Gasteiger partial charge in [0.05, 0.1) is 12.6 Å². The zero-order valence-corrected chi connectivity index (χ0v) is 16.0. The Kier molecular flexibility index (Phi) is 5.91. The van der Waals surface area contributed by atoms with Crippen LogP contribution in [0, 0.1) is 5.92 Å². The molecule has 1 N–H and O–H groups in total. The van der Waals surface area contributed by atoms with Crippen molar-refractivity contribution in [2.24, 2.45) is 5.92 Å². The molecule has 6 heteroatoms. The molecule has 1 aliphatic heterocycles. The minimum atomic E-state index is -0.0373. The number of nitrogens with zero attached hydrogens (tertiary/aromatic N) is 4. The fourth-order valence-corrected chi connectivity index (χ4v) is 3.65. The fourth-order valence-electron chi connectivity index (χ4n) is 3.65. The van der Waals surface area contributed by atoms with Crippen LogP contribution in [0.5, 0.6) is 0 Å². The molecule has 0 radical (unpaired) electrons. The lowest BCUT2D eigenvalue weighted by atomic mass is 10.0. The smallest absolute Gasteiger partial charge is 0.318 e. The molecule has 26 heavy (non-hydrogen) atoms. The van der Waals surface area contributed by atoms with Crippen molar-refractivity contribution in [1.29, 1.82) is 0 Å². The zero-order valence-electron chi connectivity index (χ0n) is 16.0. The first-order valence-corrected chi connectivity index (χ1v) is 9.60. The molecule has 2 heterocycles. The van der Waals surface area contributed by atoms with Crippen LogP contribution in [0.15, 0.2) is 30.3 Å². The van der Waals surface area contributed by atoms with E-state index in [2.05, 4.69) is 53.0 Å². The Labute approximate surface area is 155 Å². The van der Waals surface area contributed by atoms with Crippen LogP contribution in [0.4, 0.5) is 4.79 Å². The van der Waals surface area contributed by atoms with Crippen molar-refractivity contribution < 1.29 is 4.79 Å². The maximum Gasteiger partial charge on any atom is 0.318 e. The molecule has 3 rings (SSSR count). The number of carbonyl (C=O) groups excluding carboxylic acids is 1. The molecule has 140 valence electrons. The van der Waals surface area contributed by atoms with E-state index in [-0.39, 0.29) is 12.1 Å². The standard InChI is InChI=1S/C20H29N5O/c1-4-17(16-9-6-5-7-10-16)25(14-15(2)3)20(26)21-13-19-23-22-18-11-8-12-24(18)19/h5-7,9-10,15,17H,4,8,11-14H2,1-3H3,(H,21,26)/t17-/m1/s1. The molecule has 0 bridgehead atoms. The Bertz CT molecular complexity index is 725. The van der Waals surface area contributed by atoms with Gasteiger partial charge in [-0.25, -0.2) is 4.79 Å². The van der Waals surface area contributed by atoms with Crippen molar-refractivity contribution in [1.82, 2.24) is 25.0 Å². The molecule has 1 atom stereocenters. The Morgan fingerprint density at radius 2 is 2.04 bits per heavy atom. The van der Waals surface area contributed by atoms with Crippen molar-refractivity contribution >= 4 is 6.03 Å². The highest BCUT2D eigenvalue weighted by Crippen LogP contribution is 2.25. The summed E-state index contributed by atoms with van der Waals surface area (Å²) < 4.78 is 2.13. The number of carbonyl (C=O) groups is 1. The quantitative estimate of drug-likeness (QED) is 0.826. The molecule has 2 amide bonds. The zero-order chi connectivity index (χ0) is 18.5. The molecular formula is C20H29N5O. The molecule has 6 nitrogen and oxygen atoms in total. The average molecular weight is 355 g/mol. The van der Waals surface area contributed by atoms with E-state index >= 15 is 0 Å². The third-order valence-electron chi connectivity index (χ3n) is 4.85. The Morgan fingerprint density at radius 3 is 2.73 bits per heavy atom. The SMILES string of the molecule is CC[C@H](c1ccccc1)N(CC(C)C)C(=O)NCc1nnc2n1CCC2. The highest BCUT2D eigenvalue weighted by molar-refractivity contribution is 5.74. The van der Waals surface area contributed by atoms with Crippen LogP contribution in [-0.4, -0.2) is 32.2 Å². The lowest BCUT2D eigenvalue weighted by Gasteiger charge is -2.33. The first-order chi connectivity index (χ1) is 12.6. The van der Waals surface area contributed by atoms with Crippen LogP contribution < -0.4 is 5.32 Å². The van der Waals surface area contributed by atoms with Crippen LogP contribution in [0.25, 0.3) is 0 Å². The largest absolute Gasteiger partial charge is 0.331 e. The number of fused-ring (bicyclic) bond motifs is 1. The molecule has 0 aliphatic carbocycles. The summed E-state index contributed by atoms with van der Waals surface area (Å²) in [6.07, 6.45) is 2.97. The molecular weight excluding hydrogens is 326 g/mol. The fraction of sp³-hybridized carbons (Fsp3) is 0.550. The number of aryl methyl sites for hydroxylation is 1. The molecule has 0 saturated heterocycles. The van der Waals surface area contributed by atoms with Gasteiger partial charge in [-0.3, -0.25) is 0 Å².